The lowest BCUT2D eigenvalue weighted by Crippen LogP contribution is -2.10. The van der Waals surface area contributed by atoms with Gasteiger partial charge in [-0.15, -0.1) is 0 Å². The average Bonchev–Trinajstić information content (AvgIpc) is 2.36. The van der Waals surface area contributed by atoms with Gasteiger partial charge in [0.25, 0.3) is 0 Å². The van der Waals surface area contributed by atoms with E-state index < -0.39 is 0 Å². The van der Waals surface area contributed by atoms with Crippen molar-refractivity contribution in [3.63, 3.8) is 0 Å². The normalized spacial score (nSPS) is 10.6. The lowest BCUT2D eigenvalue weighted by molar-refractivity contribution is 0.792. The Kier molecular flexibility index (Phi) is 4.16. The van der Waals surface area contributed by atoms with Gasteiger partial charge in [-0.05, 0) is 56.1 Å². The summed E-state index contributed by atoms with van der Waals surface area (Å²) in [4.78, 5) is 0. The molecule has 0 aromatic heterocycles. The van der Waals surface area contributed by atoms with E-state index in [1.54, 1.807) is 0 Å². The Labute approximate surface area is 110 Å². The molecule has 0 saturated carbocycles. The second-order valence-corrected chi connectivity index (χ2v) is 4.87. The maximum absolute atomic E-state index is 3.19. The molecule has 0 radical (unpaired) electrons. The molecule has 0 fully saturated rings. The van der Waals surface area contributed by atoms with Gasteiger partial charge in [-0.25, -0.2) is 0 Å². The van der Waals surface area contributed by atoms with Gasteiger partial charge in [-0.2, -0.15) is 0 Å². The maximum atomic E-state index is 3.19. The van der Waals surface area contributed by atoms with E-state index in [2.05, 4.69) is 61.6 Å². The van der Waals surface area contributed by atoms with Crippen molar-refractivity contribution in [1.82, 2.24) is 5.32 Å². The van der Waals surface area contributed by atoms with E-state index in [9.17, 15) is 0 Å². The molecule has 1 heteroatoms. The minimum atomic E-state index is 1.02. The van der Waals surface area contributed by atoms with Gasteiger partial charge in [0.2, 0.25) is 0 Å². The van der Waals surface area contributed by atoms with Crippen LogP contribution in [-0.4, -0.2) is 13.6 Å². The first-order valence-corrected chi connectivity index (χ1v) is 6.52. The molecular weight excluding hydrogens is 218 g/mol. The predicted molar refractivity (Wildman–Crippen MR) is 79.0 cm³/mol. The summed E-state index contributed by atoms with van der Waals surface area (Å²) in [7, 11) is 1.99. The minimum absolute atomic E-state index is 1.02. The van der Waals surface area contributed by atoms with Gasteiger partial charge < -0.3 is 5.32 Å². The second kappa shape index (κ2) is 5.83. The Bertz CT molecular complexity index is 529. The van der Waals surface area contributed by atoms with Crippen LogP contribution in [0.25, 0.3) is 11.1 Å². The zero-order valence-corrected chi connectivity index (χ0v) is 11.5. The van der Waals surface area contributed by atoms with Crippen LogP contribution >= 0.6 is 0 Å². The highest BCUT2D eigenvalue weighted by Gasteiger charge is 2.03. The van der Waals surface area contributed by atoms with Crippen molar-refractivity contribution in [1.29, 1.82) is 0 Å². The molecule has 0 bridgehead atoms. The highest BCUT2D eigenvalue weighted by atomic mass is 14.8. The Balaban J connectivity index is 2.32. The van der Waals surface area contributed by atoms with Crippen molar-refractivity contribution in [2.75, 3.05) is 13.6 Å². The molecule has 0 aliphatic carbocycles. The van der Waals surface area contributed by atoms with Crippen LogP contribution < -0.4 is 5.32 Å². The summed E-state index contributed by atoms with van der Waals surface area (Å²) < 4.78 is 0. The number of benzene rings is 2. The molecule has 0 unspecified atom stereocenters. The van der Waals surface area contributed by atoms with Crippen molar-refractivity contribution in [2.45, 2.75) is 20.3 Å². The largest absolute Gasteiger partial charge is 0.319 e. The van der Waals surface area contributed by atoms with Crippen LogP contribution in [0.3, 0.4) is 0 Å². The van der Waals surface area contributed by atoms with E-state index >= 15 is 0 Å². The van der Waals surface area contributed by atoms with Gasteiger partial charge in [0.1, 0.15) is 0 Å². The van der Waals surface area contributed by atoms with Gasteiger partial charge >= 0.3 is 0 Å². The summed E-state index contributed by atoms with van der Waals surface area (Å²) in [5.74, 6) is 0. The summed E-state index contributed by atoms with van der Waals surface area (Å²) in [6, 6.07) is 15.5. The fraction of sp³-hybridized carbons (Fsp3) is 0.294. The van der Waals surface area contributed by atoms with Crippen LogP contribution in [0, 0.1) is 13.8 Å². The van der Waals surface area contributed by atoms with E-state index in [-0.39, 0.29) is 0 Å². The molecule has 94 valence electrons. The van der Waals surface area contributed by atoms with E-state index in [1.807, 2.05) is 7.05 Å². The zero-order chi connectivity index (χ0) is 13.0. The standard InChI is InChI=1S/C17H21N/c1-13-7-8-17(14(2)11-13)16-6-4-5-15(12-16)9-10-18-3/h4-8,11-12,18H,9-10H2,1-3H3. The third-order valence-corrected chi connectivity index (χ3v) is 3.28. The van der Waals surface area contributed by atoms with Crippen LogP contribution in [0.15, 0.2) is 42.5 Å². The number of aryl methyl sites for hydroxylation is 2. The van der Waals surface area contributed by atoms with Crippen molar-refractivity contribution >= 4 is 0 Å². The van der Waals surface area contributed by atoms with Crippen molar-refractivity contribution in [3.05, 3.63) is 59.2 Å². The van der Waals surface area contributed by atoms with E-state index in [1.165, 1.54) is 27.8 Å². The Morgan fingerprint density at radius 3 is 2.56 bits per heavy atom. The Morgan fingerprint density at radius 1 is 1.00 bits per heavy atom. The second-order valence-electron chi connectivity index (χ2n) is 4.87. The van der Waals surface area contributed by atoms with Gasteiger partial charge in [-0.3, -0.25) is 0 Å². The molecule has 0 aliphatic rings. The van der Waals surface area contributed by atoms with Crippen molar-refractivity contribution in [3.8, 4) is 11.1 Å². The summed E-state index contributed by atoms with van der Waals surface area (Å²) in [6.07, 6.45) is 1.08. The molecule has 2 aromatic carbocycles. The Hall–Kier alpha value is -1.60. The molecule has 0 spiro atoms. The molecule has 0 aliphatic heterocycles. The van der Waals surface area contributed by atoms with Gasteiger partial charge in [0.05, 0.1) is 0 Å². The van der Waals surface area contributed by atoms with Crippen molar-refractivity contribution < 1.29 is 0 Å². The predicted octanol–water partition coefficient (Wildman–Crippen LogP) is 3.73. The van der Waals surface area contributed by atoms with Crippen LogP contribution in [0.2, 0.25) is 0 Å². The summed E-state index contributed by atoms with van der Waals surface area (Å²) in [5.41, 5.74) is 6.72. The van der Waals surface area contributed by atoms with Gasteiger partial charge in [-0.1, -0.05) is 48.0 Å². The highest BCUT2D eigenvalue weighted by molar-refractivity contribution is 5.68. The number of rotatable bonds is 4. The van der Waals surface area contributed by atoms with Crippen LogP contribution in [0.1, 0.15) is 16.7 Å². The Morgan fingerprint density at radius 2 is 1.83 bits per heavy atom. The topological polar surface area (TPSA) is 12.0 Å². The fourth-order valence-corrected chi connectivity index (χ4v) is 2.30. The van der Waals surface area contributed by atoms with Gasteiger partial charge in [0, 0.05) is 0 Å². The van der Waals surface area contributed by atoms with E-state index in [4.69, 9.17) is 0 Å². The molecule has 0 heterocycles. The molecule has 2 rings (SSSR count). The van der Waals surface area contributed by atoms with Crippen LogP contribution in [-0.2, 0) is 6.42 Å². The third-order valence-electron chi connectivity index (χ3n) is 3.28. The zero-order valence-electron chi connectivity index (χ0n) is 11.5. The molecule has 0 amide bonds. The summed E-state index contributed by atoms with van der Waals surface area (Å²) in [5, 5.41) is 3.19. The smallest absolute Gasteiger partial charge is 0.00114 e. The maximum Gasteiger partial charge on any atom is -0.00114 e. The molecule has 1 nitrogen and oxygen atoms in total. The summed E-state index contributed by atoms with van der Waals surface area (Å²) >= 11 is 0. The van der Waals surface area contributed by atoms with E-state index in [0.29, 0.717) is 0 Å². The number of hydrogen-bond donors (Lipinski definition) is 1. The molecule has 0 saturated heterocycles. The van der Waals surface area contributed by atoms with Crippen molar-refractivity contribution in [2.24, 2.45) is 0 Å². The summed E-state index contributed by atoms with van der Waals surface area (Å²) in [6.45, 7) is 5.35. The first-order chi connectivity index (χ1) is 8.70. The molecular formula is C17H21N. The minimum Gasteiger partial charge on any atom is -0.319 e. The number of hydrogen-bond acceptors (Lipinski definition) is 1. The SMILES string of the molecule is CNCCc1cccc(-c2ccc(C)cc2C)c1. The number of nitrogens with one attached hydrogen (secondary N) is 1. The average molecular weight is 239 g/mol. The molecule has 18 heavy (non-hydrogen) atoms. The quantitative estimate of drug-likeness (QED) is 0.857. The first-order valence-electron chi connectivity index (χ1n) is 6.52. The highest BCUT2D eigenvalue weighted by Crippen LogP contribution is 2.25. The number of likely N-dealkylation sites (N-methyl/N-ethyl adjacent to an activating group) is 1. The fourth-order valence-electron chi connectivity index (χ4n) is 2.30. The van der Waals surface area contributed by atoms with Crippen LogP contribution in [0.5, 0.6) is 0 Å². The third kappa shape index (κ3) is 2.99. The molecule has 1 N–H and O–H groups in total. The first kappa shape index (κ1) is 12.8. The lowest BCUT2D eigenvalue weighted by atomic mass is 9.97. The van der Waals surface area contributed by atoms with E-state index in [0.717, 1.165) is 13.0 Å². The lowest BCUT2D eigenvalue weighted by Gasteiger charge is -2.09. The van der Waals surface area contributed by atoms with Crippen LogP contribution in [0.4, 0.5) is 0 Å². The molecule has 0 atom stereocenters. The monoisotopic (exact) mass is 239 g/mol. The molecule has 2 aromatic rings. The van der Waals surface area contributed by atoms with Gasteiger partial charge in [0.15, 0.2) is 0 Å².